The van der Waals surface area contributed by atoms with Crippen LogP contribution in [-0.2, 0) is 0 Å². The first kappa shape index (κ1) is 11.0. The molecule has 14 heavy (non-hydrogen) atoms. The third-order valence-corrected chi connectivity index (χ3v) is 3.34. The molecular formula is C14H20. The first-order valence-electron chi connectivity index (χ1n) is 5.19. The van der Waals surface area contributed by atoms with Gasteiger partial charge in [-0.05, 0) is 74.9 Å². The molecule has 0 aliphatic rings. The average Bonchev–Trinajstić information content (AvgIpc) is 2.19. The second kappa shape index (κ2) is 4.00. The standard InChI is InChI=1S/C14H20/c1-7-9(2)14-8-10(3)11(4)12(5)13(14)6/h7-8H,1-6H3. The number of aryl methyl sites for hydroxylation is 1. The van der Waals surface area contributed by atoms with E-state index < -0.39 is 0 Å². The summed E-state index contributed by atoms with van der Waals surface area (Å²) >= 11 is 0. The van der Waals surface area contributed by atoms with Crippen molar-refractivity contribution in [2.24, 2.45) is 0 Å². The smallest absolute Gasteiger partial charge is 0.0196 e. The summed E-state index contributed by atoms with van der Waals surface area (Å²) in [4.78, 5) is 0. The highest BCUT2D eigenvalue weighted by Crippen LogP contribution is 2.26. The maximum atomic E-state index is 2.30. The molecule has 1 aromatic rings. The summed E-state index contributed by atoms with van der Waals surface area (Å²) in [6.07, 6.45) is 2.18. The van der Waals surface area contributed by atoms with Crippen molar-refractivity contribution in [3.8, 4) is 0 Å². The number of allylic oxidation sites excluding steroid dienone is 2. The van der Waals surface area contributed by atoms with Gasteiger partial charge in [-0.2, -0.15) is 0 Å². The summed E-state index contributed by atoms with van der Waals surface area (Å²) < 4.78 is 0. The van der Waals surface area contributed by atoms with Gasteiger partial charge in [-0.3, -0.25) is 0 Å². The van der Waals surface area contributed by atoms with Gasteiger partial charge in [0.15, 0.2) is 0 Å². The van der Waals surface area contributed by atoms with Crippen LogP contribution in [0.1, 0.15) is 41.7 Å². The SMILES string of the molecule is CC=C(C)c1cc(C)c(C)c(C)c1C. The predicted octanol–water partition coefficient (Wildman–Crippen LogP) is 4.34. The first-order chi connectivity index (χ1) is 6.49. The van der Waals surface area contributed by atoms with Crippen LogP contribution in [-0.4, -0.2) is 0 Å². The molecule has 1 aromatic carbocycles. The Bertz CT molecular complexity index is 382. The monoisotopic (exact) mass is 188 g/mol. The van der Waals surface area contributed by atoms with E-state index in [4.69, 9.17) is 0 Å². The predicted molar refractivity (Wildman–Crippen MR) is 64.7 cm³/mol. The van der Waals surface area contributed by atoms with Crippen LogP contribution in [0.25, 0.3) is 5.57 Å². The van der Waals surface area contributed by atoms with Crippen molar-refractivity contribution >= 4 is 5.57 Å². The Morgan fingerprint density at radius 2 is 1.57 bits per heavy atom. The maximum Gasteiger partial charge on any atom is -0.0196 e. The fourth-order valence-corrected chi connectivity index (χ4v) is 1.78. The number of benzene rings is 1. The van der Waals surface area contributed by atoms with Crippen molar-refractivity contribution in [3.63, 3.8) is 0 Å². The highest BCUT2D eigenvalue weighted by molar-refractivity contribution is 5.68. The fourth-order valence-electron chi connectivity index (χ4n) is 1.78. The van der Waals surface area contributed by atoms with Crippen molar-refractivity contribution in [2.75, 3.05) is 0 Å². The van der Waals surface area contributed by atoms with Crippen molar-refractivity contribution in [3.05, 3.63) is 40.0 Å². The summed E-state index contributed by atoms with van der Waals surface area (Å²) in [6, 6.07) is 2.30. The lowest BCUT2D eigenvalue weighted by Gasteiger charge is -2.14. The van der Waals surface area contributed by atoms with Crippen LogP contribution in [0.4, 0.5) is 0 Å². The second-order valence-corrected chi connectivity index (χ2v) is 4.09. The number of rotatable bonds is 1. The molecule has 1 rings (SSSR count). The van der Waals surface area contributed by atoms with Gasteiger partial charge in [0.1, 0.15) is 0 Å². The highest BCUT2D eigenvalue weighted by Gasteiger charge is 2.07. The molecule has 0 aliphatic heterocycles. The number of hydrogen-bond acceptors (Lipinski definition) is 0. The van der Waals surface area contributed by atoms with Gasteiger partial charge in [0, 0.05) is 0 Å². The summed E-state index contributed by atoms with van der Waals surface area (Å²) in [6.45, 7) is 13.1. The zero-order chi connectivity index (χ0) is 10.9. The van der Waals surface area contributed by atoms with Crippen LogP contribution in [0.2, 0.25) is 0 Å². The Kier molecular flexibility index (Phi) is 3.15. The topological polar surface area (TPSA) is 0 Å². The molecule has 76 valence electrons. The molecule has 0 aromatic heterocycles. The van der Waals surface area contributed by atoms with Gasteiger partial charge in [-0.25, -0.2) is 0 Å². The molecule has 0 fully saturated rings. The van der Waals surface area contributed by atoms with E-state index in [1.54, 1.807) is 0 Å². The lowest BCUT2D eigenvalue weighted by Crippen LogP contribution is -1.96. The molecule has 0 bridgehead atoms. The highest BCUT2D eigenvalue weighted by atomic mass is 14.1. The summed E-state index contributed by atoms with van der Waals surface area (Å²) in [5, 5.41) is 0. The van der Waals surface area contributed by atoms with E-state index in [0.717, 1.165) is 0 Å². The van der Waals surface area contributed by atoms with Crippen molar-refractivity contribution in [2.45, 2.75) is 41.5 Å². The van der Waals surface area contributed by atoms with E-state index in [-0.39, 0.29) is 0 Å². The van der Waals surface area contributed by atoms with E-state index >= 15 is 0 Å². The molecule has 0 atom stereocenters. The molecule has 0 saturated heterocycles. The largest absolute Gasteiger partial charge is 0.0841 e. The molecule has 0 aliphatic carbocycles. The van der Waals surface area contributed by atoms with Crippen LogP contribution in [0.5, 0.6) is 0 Å². The van der Waals surface area contributed by atoms with Gasteiger partial charge in [0.25, 0.3) is 0 Å². The summed E-state index contributed by atoms with van der Waals surface area (Å²) in [5.41, 5.74) is 8.44. The molecule has 0 amide bonds. The van der Waals surface area contributed by atoms with Gasteiger partial charge in [-0.1, -0.05) is 12.1 Å². The Labute approximate surface area is 87.7 Å². The van der Waals surface area contributed by atoms with Crippen molar-refractivity contribution < 1.29 is 0 Å². The van der Waals surface area contributed by atoms with Crippen molar-refractivity contribution in [1.29, 1.82) is 0 Å². The van der Waals surface area contributed by atoms with E-state index in [0.29, 0.717) is 0 Å². The number of hydrogen-bond donors (Lipinski definition) is 0. The average molecular weight is 188 g/mol. The summed E-state index contributed by atoms with van der Waals surface area (Å²) in [5.74, 6) is 0. The molecule has 0 radical (unpaired) electrons. The van der Waals surface area contributed by atoms with Crippen LogP contribution in [0.15, 0.2) is 12.1 Å². The molecule has 0 N–H and O–H groups in total. The maximum absolute atomic E-state index is 2.30. The zero-order valence-corrected chi connectivity index (χ0v) is 10.2. The van der Waals surface area contributed by atoms with Crippen LogP contribution >= 0.6 is 0 Å². The van der Waals surface area contributed by atoms with Crippen LogP contribution < -0.4 is 0 Å². The zero-order valence-electron chi connectivity index (χ0n) is 10.2. The van der Waals surface area contributed by atoms with Gasteiger partial charge < -0.3 is 0 Å². The lowest BCUT2D eigenvalue weighted by atomic mass is 9.91. The molecule has 0 spiro atoms. The minimum atomic E-state index is 1.37. The van der Waals surface area contributed by atoms with Gasteiger partial charge in [0.05, 0.1) is 0 Å². The summed E-state index contributed by atoms with van der Waals surface area (Å²) in [7, 11) is 0. The van der Waals surface area contributed by atoms with Crippen LogP contribution in [0.3, 0.4) is 0 Å². The van der Waals surface area contributed by atoms with Gasteiger partial charge in [0.2, 0.25) is 0 Å². The Morgan fingerprint density at radius 1 is 1.00 bits per heavy atom. The van der Waals surface area contributed by atoms with E-state index in [1.807, 2.05) is 0 Å². The van der Waals surface area contributed by atoms with E-state index in [2.05, 4.69) is 53.7 Å². The molecule has 0 heterocycles. The first-order valence-corrected chi connectivity index (χ1v) is 5.19. The third kappa shape index (κ3) is 1.75. The Morgan fingerprint density at radius 3 is 2.07 bits per heavy atom. The van der Waals surface area contributed by atoms with Crippen LogP contribution in [0, 0.1) is 27.7 Å². The molecule has 0 heteroatoms. The van der Waals surface area contributed by atoms with Gasteiger partial charge >= 0.3 is 0 Å². The van der Waals surface area contributed by atoms with E-state index in [9.17, 15) is 0 Å². The second-order valence-electron chi connectivity index (χ2n) is 4.09. The Hall–Kier alpha value is -1.04. The molecule has 0 unspecified atom stereocenters. The third-order valence-electron chi connectivity index (χ3n) is 3.34. The Balaban J connectivity index is 3.48. The van der Waals surface area contributed by atoms with Gasteiger partial charge in [-0.15, -0.1) is 0 Å². The fraction of sp³-hybridized carbons (Fsp3) is 0.429. The lowest BCUT2D eigenvalue weighted by molar-refractivity contribution is 1.20. The molecular weight excluding hydrogens is 168 g/mol. The minimum absolute atomic E-state index is 1.37. The quantitative estimate of drug-likeness (QED) is 0.615. The van der Waals surface area contributed by atoms with E-state index in [1.165, 1.54) is 33.4 Å². The van der Waals surface area contributed by atoms with Crippen molar-refractivity contribution in [1.82, 2.24) is 0 Å². The minimum Gasteiger partial charge on any atom is -0.0841 e. The molecule has 0 nitrogen and oxygen atoms in total. The normalized spacial score (nSPS) is 12.0. The molecule has 0 saturated carbocycles.